The van der Waals surface area contributed by atoms with Crippen LogP contribution in [-0.4, -0.2) is 29.9 Å². The Hall–Kier alpha value is -0.900. The quantitative estimate of drug-likeness (QED) is 0.705. The summed E-state index contributed by atoms with van der Waals surface area (Å²) >= 11 is 0. The molecule has 1 aromatic rings. The van der Waals surface area contributed by atoms with Crippen molar-refractivity contribution in [3.8, 4) is 0 Å². The van der Waals surface area contributed by atoms with Gasteiger partial charge in [-0.25, -0.2) is 0 Å². The van der Waals surface area contributed by atoms with Crippen LogP contribution in [0.2, 0.25) is 0 Å². The van der Waals surface area contributed by atoms with E-state index in [4.69, 9.17) is 0 Å². The third-order valence-corrected chi connectivity index (χ3v) is 3.02. The topological polar surface area (TPSA) is 52.5 Å². The molecule has 0 bridgehead atoms. The maximum absolute atomic E-state index is 10.0. The Labute approximate surface area is 97.1 Å². The number of benzene rings is 1. The van der Waals surface area contributed by atoms with E-state index in [2.05, 4.69) is 5.32 Å². The van der Waals surface area contributed by atoms with Gasteiger partial charge in [-0.1, -0.05) is 18.2 Å². The average Bonchev–Trinajstić information content (AvgIpc) is 2.28. The van der Waals surface area contributed by atoms with E-state index in [1.165, 1.54) is 0 Å². The highest BCUT2D eigenvalue weighted by molar-refractivity contribution is 5.35. The molecule has 0 aromatic heterocycles. The minimum absolute atomic E-state index is 0.547. The van der Waals surface area contributed by atoms with Crippen molar-refractivity contribution in [1.82, 2.24) is 5.32 Å². The molecule has 90 valence electrons. The van der Waals surface area contributed by atoms with Gasteiger partial charge in [-0.2, -0.15) is 0 Å². The van der Waals surface area contributed by atoms with E-state index >= 15 is 0 Å². The number of hydrogen-bond donors (Lipinski definition) is 3. The van der Waals surface area contributed by atoms with Crippen LogP contribution >= 0.6 is 0 Å². The van der Waals surface area contributed by atoms with E-state index in [1.807, 2.05) is 39.1 Å². The Balaban J connectivity index is 2.79. The van der Waals surface area contributed by atoms with Gasteiger partial charge in [-0.3, -0.25) is 0 Å². The summed E-state index contributed by atoms with van der Waals surface area (Å²) < 4.78 is 0. The molecule has 1 aromatic carbocycles. The molecular formula is C13H21NO2. The Bertz CT molecular complexity index is 339. The summed E-state index contributed by atoms with van der Waals surface area (Å²) in [4.78, 5) is 0. The highest BCUT2D eigenvalue weighted by Gasteiger charge is 2.19. The fourth-order valence-electron chi connectivity index (χ4n) is 1.75. The van der Waals surface area contributed by atoms with Gasteiger partial charge in [0.1, 0.15) is 6.10 Å². The highest BCUT2D eigenvalue weighted by Crippen LogP contribution is 2.24. The zero-order valence-corrected chi connectivity index (χ0v) is 10.2. The summed E-state index contributed by atoms with van der Waals surface area (Å²) in [5, 5.41) is 22.8. The molecule has 0 spiro atoms. The van der Waals surface area contributed by atoms with Gasteiger partial charge < -0.3 is 15.5 Å². The molecule has 0 saturated heterocycles. The van der Waals surface area contributed by atoms with Gasteiger partial charge in [0, 0.05) is 0 Å². The summed E-state index contributed by atoms with van der Waals surface area (Å²) in [6.45, 7) is 4.67. The van der Waals surface area contributed by atoms with Crippen LogP contribution in [0.1, 0.15) is 29.2 Å². The van der Waals surface area contributed by atoms with Crippen molar-refractivity contribution >= 4 is 0 Å². The minimum Gasteiger partial charge on any atom is -0.390 e. The lowest BCUT2D eigenvalue weighted by atomic mass is 9.95. The molecule has 0 heterocycles. The second kappa shape index (κ2) is 5.99. The predicted molar refractivity (Wildman–Crippen MR) is 65.4 cm³/mol. The number of hydrogen-bond acceptors (Lipinski definition) is 3. The van der Waals surface area contributed by atoms with Crippen molar-refractivity contribution < 1.29 is 10.2 Å². The van der Waals surface area contributed by atoms with Crippen molar-refractivity contribution in [3.63, 3.8) is 0 Å². The van der Waals surface area contributed by atoms with Crippen LogP contribution in [0.4, 0.5) is 0 Å². The number of aliphatic hydroxyl groups is 2. The SMILES string of the molecule is CNCCC(O)C(O)c1cccc(C)c1C. The van der Waals surface area contributed by atoms with E-state index in [0.717, 1.165) is 16.7 Å². The van der Waals surface area contributed by atoms with Crippen LogP contribution < -0.4 is 5.32 Å². The lowest BCUT2D eigenvalue weighted by Gasteiger charge is -2.20. The second-order valence-electron chi connectivity index (χ2n) is 4.19. The van der Waals surface area contributed by atoms with E-state index in [9.17, 15) is 10.2 Å². The summed E-state index contributed by atoms with van der Waals surface area (Å²) in [6, 6.07) is 5.78. The van der Waals surface area contributed by atoms with Gasteiger partial charge in [0.2, 0.25) is 0 Å². The van der Waals surface area contributed by atoms with Gasteiger partial charge in [0.15, 0.2) is 0 Å². The Morgan fingerprint density at radius 3 is 2.56 bits per heavy atom. The van der Waals surface area contributed by atoms with Crippen LogP contribution in [0.25, 0.3) is 0 Å². The average molecular weight is 223 g/mol. The van der Waals surface area contributed by atoms with Gasteiger partial charge in [-0.05, 0) is 50.6 Å². The number of aryl methyl sites for hydroxylation is 1. The van der Waals surface area contributed by atoms with Gasteiger partial charge in [0.25, 0.3) is 0 Å². The molecule has 3 nitrogen and oxygen atoms in total. The number of nitrogens with one attached hydrogen (secondary N) is 1. The molecule has 16 heavy (non-hydrogen) atoms. The standard InChI is InChI=1S/C13H21NO2/c1-9-5-4-6-11(10(9)2)13(16)12(15)7-8-14-3/h4-6,12-16H,7-8H2,1-3H3. The zero-order valence-electron chi connectivity index (χ0n) is 10.2. The number of aliphatic hydroxyl groups excluding tert-OH is 2. The maximum atomic E-state index is 10.0. The molecule has 0 amide bonds. The predicted octanol–water partition coefficient (Wildman–Crippen LogP) is 1.31. The van der Waals surface area contributed by atoms with Crippen LogP contribution in [0.3, 0.4) is 0 Å². The van der Waals surface area contributed by atoms with Crippen molar-refractivity contribution in [2.75, 3.05) is 13.6 Å². The first-order valence-corrected chi connectivity index (χ1v) is 5.64. The summed E-state index contributed by atoms with van der Waals surface area (Å²) in [5.41, 5.74) is 3.01. The van der Waals surface area contributed by atoms with Crippen LogP contribution in [-0.2, 0) is 0 Å². The molecule has 0 radical (unpaired) electrons. The summed E-state index contributed by atoms with van der Waals surface area (Å²) in [7, 11) is 1.83. The largest absolute Gasteiger partial charge is 0.390 e. The van der Waals surface area contributed by atoms with E-state index in [0.29, 0.717) is 13.0 Å². The van der Waals surface area contributed by atoms with Crippen LogP contribution in [0.5, 0.6) is 0 Å². The molecule has 0 saturated carbocycles. The lowest BCUT2D eigenvalue weighted by molar-refractivity contribution is 0.0136. The van der Waals surface area contributed by atoms with Crippen molar-refractivity contribution in [2.45, 2.75) is 32.5 Å². The third kappa shape index (κ3) is 3.04. The molecule has 0 aliphatic rings. The molecule has 3 N–H and O–H groups in total. The Kier molecular flexibility index (Phi) is 4.93. The molecule has 0 fully saturated rings. The first-order chi connectivity index (χ1) is 7.57. The first-order valence-electron chi connectivity index (χ1n) is 5.64. The second-order valence-corrected chi connectivity index (χ2v) is 4.19. The van der Waals surface area contributed by atoms with E-state index in [-0.39, 0.29) is 0 Å². The summed E-state index contributed by atoms with van der Waals surface area (Å²) in [6.07, 6.45) is -0.966. The number of rotatable bonds is 5. The smallest absolute Gasteiger partial charge is 0.105 e. The summed E-state index contributed by atoms with van der Waals surface area (Å²) in [5.74, 6) is 0. The van der Waals surface area contributed by atoms with Gasteiger partial charge >= 0.3 is 0 Å². The van der Waals surface area contributed by atoms with Crippen molar-refractivity contribution in [2.24, 2.45) is 0 Å². The molecule has 1 rings (SSSR count). The Morgan fingerprint density at radius 1 is 1.25 bits per heavy atom. The van der Waals surface area contributed by atoms with Gasteiger partial charge in [-0.15, -0.1) is 0 Å². The van der Waals surface area contributed by atoms with Crippen molar-refractivity contribution in [3.05, 3.63) is 34.9 Å². The Morgan fingerprint density at radius 2 is 1.94 bits per heavy atom. The van der Waals surface area contributed by atoms with Crippen LogP contribution in [0.15, 0.2) is 18.2 Å². The minimum atomic E-state index is -0.798. The molecule has 3 heteroatoms. The first kappa shape index (κ1) is 13.2. The maximum Gasteiger partial charge on any atom is 0.105 e. The molecule has 0 aliphatic carbocycles. The molecule has 2 unspecified atom stereocenters. The highest BCUT2D eigenvalue weighted by atomic mass is 16.3. The van der Waals surface area contributed by atoms with Gasteiger partial charge in [0.05, 0.1) is 6.10 Å². The lowest BCUT2D eigenvalue weighted by Crippen LogP contribution is -2.24. The van der Waals surface area contributed by atoms with E-state index in [1.54, 1.807) is 0 Å². The normalized spacial score (nSPS) is 14.8. The van der Waals surface area contributed by atoms with Crippen LogP contribution in [0, 0.1) is 13.8 Å². The fraction of sp³-hybridized carbons (Fsp3) is 0.538. The third-order valence-electron chi connectivity index (χ3n) is 3.02. The molecule has 2 atom stereocenters. The fourth-order valence-corrected chi connectivity index (χ4v) is 1.75. The molecule has 0 aliphatic heterocycles. The van der Waals surface area contributed by atoms with Crippen molar-refractivity contribution in [1.29, 1.82) is 0 Å². The van der Waals surface area contributed by atoms with E-state index < -0.39 is 12.2 Å². The zero-order chi connectivity index (χ0) is 12.1. The monoisotopic (exact) mass is 223 g/mol. The molecular weight excluding hydrogens is 202 g/mol.